The van der Waals surface area contributed by atoms with Crippen LogP contribution in [0.4, 0.5) is 0 Å². The molecule has 4 saturated heterocycles. The second kappa shape index (κ2) is 5.62. The Kier molecular flexibility index (Phi) is 3.55. The number of likely N-dealkylation sites (tertiary alicyclic amines) is 2. The Bertz CT molecular complexity index is 473. The molecule has 23 heavy (non-hydrogen) atoms. The summed E-state index contributed by atoms with van der Waals surface area (Å²) in [5.41, 5.74) is 0. The van der Waals surface area contributed by atoms with E-state index in [1.165, 1.54) is 45.2 Å². The van der Waals surface area contributed by atoms with Crippen molar-refractivity contribution in [1.82, 2.24) is 15.1 Å². The van der Waals surface area contributed by atoms with Gasteiger partial charge in [-0.05, 0) is 44.6 Å². The van der Waals surface area contributed by atoms with Crippen molar-refractivity contribution in [3.63, 3.8) is 0 Å². The van der Waals surface area contributed by atoms with Crippen molar-refractivity contribution in [3.05, 3.63) is 0 Å². The highest BCUT2D eigenvalue weighted by Crippen LogP contribution is 2.47. The lowest BCUT2D eigenvalue weighted by atomic mass is 9.82. The van der Waals surface area contributed by atoms with Gasteiger partial charge in [-0.2, -0.15) is 0 Å². The van der Waals surface area contributed by atoms with Gasteiger partial charge < -0.3 is 19.9 Å². The lowest BCUT2D eigenvalue weighted by Crippen LogP contribution is -2.43. The van der Waals surface area contributed by atoms with E-state index in [1.807, 2.05) is 7.05 Å². The van der Waals surface area contributed by atoms with Crippen molar-refractivity contribution in [3.8, 4) is 0 Å². The third-order valence-electron chi connectivity index (χ3n) is 6.89. The number of hydrogen-bond donors (Lipinski definition) is 1. The molecule has 1 aliphatic carbocycles. The van der Waals surface area contributed by atoms with E-state index in [9.17, 15) is 0 Å². The number of fused-ring (bicyclic) bond motifs is 5. The molecule has 4 aliphatic heterocycles. The van der Waals surface area contributed by atoms with Crippen LogP contribution in [0.2, 0.25) is 0 Å². The Morgan fingerprint density at radius 1 is 1.04 bits per heavy atom. The van der Waals surface area contributed by atoms with Crippen LogP contribution in [0.15, 0.2) is 4.99 Å². The monoisotopic (exact) mass is 318 g/mol. The zero-order chi connectivity index (χ0) is 15.4. The average molecular weight is 318 g/mol. The van der Waals surface area contributed by atoms with E-state index in [1.54, 1.807) is 0 Å². The zero-order valence-corrected chi connectivity index (χ0v) is 14.3. The van der Waals surface area contributed by atoms with Gasteiger partial charge in [-0.15, -0.1) is 0 Å². The normalized spacial score (nSPS) is 43.4. The van der Waals surface area contributed by atoms with Crippen LogP contribution in [0, 0.1) is 17.8 Å². The maximum absolute atomic E-state index is 6.09. The van der Waals surface area contributed by atoms with Crippen molar-refractivity contribution in [2.75, 3.05) is 39.8 Å². The van der Waals surface area contributed by atoms with Gasteiger partial charge in [0.25, 0.3) is 0 Å². The number of rotatable bonds is 3. The molecule has 4 heterocycles. The topological polar surface area (TPSA) is 40.1 Å². The van der Waals surface area contributed by atoms with Gasteiger partial charge in [-0.1, -0.05) is 0 Å². The Hall–Kier alpha value is -0.810. The van der Waals surface area contributed by atoms with Gasteiger partial charge in [0, 0.05) is 51.1 Å². The largest absolute Gasteiger partial charge is 0.374 e. The van der Waals surface area contributed by atoms with Crippen molar-refractivity contribution >= 4 is 5.96 Å². The molecular weight excluding hydrogens is 288 g/mol. The van der Waals surface area contributed by atoms with Gasteiger partial charge in [0.2, 0.25) is 0 Å². The molecule has 0 amide bonds. The molecule has 0 aromatic rings. The van der Waals surface area contributed by atoms with E-state index in [-0.39, 0.29) is 0 Å². The lowest BCUT2D eigenvalue weighted by Gasteiger charge is -2.24. The van der Waals surface area contributed by atoms with E-state index in [2.05, 4.69) is 20.1 Å². The van der Waals surface area contributed by atoms with Gasteiger partial charge in [0.05, 0.1) is 12.2 Å². The highest BCUT2D eigenvalue weighted by atomic mass is 16.5. The summed E-state index contributed by atoms with van der Waals surface area (Å²) in [4.78, 5) is 9.77. The molecule has 0 aromatic carbocycles. The fourth-order valence-corrected chi connectivity index (χ4v) is 5.50. The number of nitrogens with one attached hydrogen (secondary N) is 1. The average Bonchev–Trinajstić information content (AvgIpc) is 3.00. The van der Waals surface area contributed by atoms with Crippen molar-refractivity contribution in [1.29, 1.82) is 0 Å². The molecule has 1 N–H and O–H groups in total. The molecule has 0 radical (unpaired) electrons. The Morgan fingerprint density at radius 3 is 2.43 bits per heavy atom. The van der Waals surface area contributed by atoms with Crippen LogP contribution in [-0.4, -0.2) is 73.8 Å². The van der Waals surface area contributed by atoms with E-state index in [4.69, 9.17) is 4.74 Å². The number of ether oxygens (including phenoxy) is 1. The molecule has 2 bridgehead atoms. The number of nitrogens with zero attached hydrogens (tertiary/aromatic N) is 3. The fourth-order valence-electron chi connectivity index (χ4n) is 5.50. The molecule has 5 aliphatic rings. The summed E-state index contributed by atoms with van der Waals surface area (Å²) in [7, 11) is 1.94. The second-order valence-electron chi connectivity index (χ2n) is 8.33. The molecule has 5 nitrogen and oxygen atoms in total. The molecule has 0 aromatic heterocycles. The summed E-state index contributed by atoms with van der Waals surface area (Å²) in [6.07, 6.45) is 7.86. The van der Waals surface area contributed by atoms with Crippen LogP contribution < -0.4 is 5.32 Å². The minimum Gasteiger partial charge on any atom is -0.374 e. The van der Waals surface area contributed by atoms with E-state index in [0.29, 0.717) is 12.2 Å². The maximum Gasteiger partial charge on any atom is 0.193 e. The second-order valence-corrected chi connectivity index (χ2v) is 8.33. The standard InChI is InChI=1S/C18H30N4O/c1-19-18(20-8-12-6-7-21(9-12)13-2-3-13)22-10-14-15(11-22)17-5-4-16(14)23-17/h12-17H,2-11H2,1H3,(H,19,20). The SMILES string of the molecule is CN=C(NCC1CCN(C2CC2)C1)N1CC2C3CCC(O3)C2C1. The van der Waals surface area contributed by atoms with Crippen LogP contribution in [0.1, 0.15) is 32.1 Å². The van der Waals surface area contributed by atoms with Gasteiger partial charge in [0.15, 0.2) is 5.96 Å². The maximum atomic E-state index is 6.09. The Morgan fingerprint density at radius 2 is 1.78 bits per heavy atom. The first kappa shape index (κ1) is 14.5. The number of guanidine groups is 1. The van der Waals surface area contributed by atoms with Crippen LogP contribution >= 0.6 is 0 Å². The van der Waals surface area contributed by atoms with Crippen molar-refractivity contribution in [2.45, 2.75) is 50.4 Å². The predicted molar refractivity (Wildman–Crippen MR) is 90.5 cm³/mol. The van der Waals surface area contributed by atoms with Crippen LogP contribution in [0.3, 0.4) is 0 Å². The molecule has 5 unspecified atom stereocenters. The van der Waals surface area contributed by atoms with Gasteiger partial charge in [-0.3, -0.25) is 4.99 Å². The molecule has 5 heteroatoms. The van der Waals surface area contributed by atoms with Crippen molar-refractivity contribution < 1.29 is 4.74 Å². The molecule has 5 atom stereocenters. The van der Waals surface area contributed by atoms with E-state index >= 15 is 0 Å². The van der Waals surface area contributed by atoms with Gasteiger partial charge in [-0.25, -0.2) is 0 Å². The van der Waals surface area contributed by atoms with Crippen molar-refractivity contribution in [2.24, 2.45) is 22.7 Å². The molecular formula is C18H30N4O. The summed E-state index contributed by atoms with van der Waals surface area (Å²) in [5.74, 6) is 3.44. The molecule has 5 rings (SSSR count). The summed E-state index contributed by atoms with van der Waals surface area (Å²) in [5, 5.41) is 3.68. The van der Waals surface area contributed by atoms with Crippen LogP contribution in [0.25, 0.3) is 0 Å². The smallest absolute Gasteiger partial charge is 0.193 e. The van der Waals surface area contributed by atoms with Gasteiger partial charge in [0.1, 0.15) is 0 Å². The molecule has 5 fully saturated rings. The van der Waals surface area contributed by atoms with E-state index < -0.39 is 0 Å². The third kappa shape index (κ3) is 2.56. The Labute approximate surface area is 139 Å². The quantitative estimate of drug-likeness (QED) is 0.626. The third-order valence-corrected chi connectivity index (χ3v) is 6.89. The summed E-state index contributed by atoms with van der Waals surface area (Å²) >= 11 is 0. The van der Waals surface area contributed by atoms with Crippen LogP contribution in [-0.2, 0) is 4.74 Å². The first-order chi connectivity index (χ1) is 11.3. The summed E-state index contributed by atoms with van der Waals surface area (Å²) in [6, 6.07) is 0.924. The predicted octanol–water partition coefficient (Wildman–Crippen LogP) is 1.16. The fraction of sp³-hybridized carbons (Fsp3) is 0.944. The summed E-state index contributed by atoms with van der Waals surface area (Å²) in [6.45, 7) is 5.97. The van der Waals surface area contributed by atoms with Crippen LogP contribution in [0.5, 0.6) is 0 Å². The first-order valence-electron chi connectivity index (χ1n) is 9.67. The van der Waals surface area contributed by atoms with E-state index in [0.717, 1.165) is 49.4 Å². The molecule has 128 valence electrons. The minimum absolute atomic E-state index is 0.537. The lowest BCUT2D eigenvalue weighted by molar-refractivity contribution is 0.0767. The molecule has 1 saturated carbocycles. The van der Waals surface area contributed by atoms with Gasteiger partial charge >= 0.3 is 0 Å². The number of aliphatic imine (C=N–C) groups is 1. The summed E-state index contributed by atoms with van der Waals surface area (Å²) < 4.78 is 6.09. The molecule has 0 spiro atoms. The highest BCUT2D eigenvalue weighted by Gasteiger charge is 2.53. The highest BCUT2D eigenvalue weighted by molar-refractivity contribution is 5.80. The first-order valence-corrected chi connectivity index (χ1v) is 9.67. The Balaban J connectivity index is 1.14. The minimum atomic E-state index is 0.537. The zero-order valence-electron chi connectivity index (χ0n) is 14.3. The number of hydrogen-bond acceptors (Lipinski definition) is 3.